The molecule has 3 unspecified atom stereocenters. The number of aliphatic hydroxyl groups excluding tert-OH is 1. The minimum Gasteiger partial charge on any atom is -0.512 e. The van der Waals surface area contributed by atoms with E-state index in [0.717, 1.165) is 31.0 Å². The van der Waals surface area contributed by atoms with E-state index >= 15 is 0 Å². The topological polar surface area (TPSA) is 20.2 Å². The number of hydrogen-bond acceptors (Lipinski definition) is 1. The third-order valence-corrected chi connectivity index (χ3v) is 7.37. The smallest absolute Gasteiger partial charge is 0.130 e. The van der Waals surface area contributed by atoms with Gasteiger partial charge < -0.3 is 5.11 Å². The highest BCUT2D eigenvalue weighted by molar-refractivity contribution is 14.1. The van der Waals surface area contributed by atoms with Crippen LogP contribution in [0.1, 0.15) is 39.5 Å². The van der Waals surface area contributed by atoms with E-state index in [0.29, 0.717) is 14.3 Å². The molecule has 3 atom stereocenters. The van der Waals surface area contributed by atoms with Crippen LogP contribution in [0, 0.1) is 11.7 Å². The van der Waals surface area contributed by atoms with Crippen molar-refractivity contribution < 1.29 is 9.50 Å². The predicted octanol–water partition coefficient (Wildman–Crippen LogP) is 5.86. The Hall–Kier alpha value is -0.410. The second-order valence-electron chi connectivity index (χ2n) is 5.83. The first-order valence-electron chi connectivity index (χ1n) is 7.80. The van der Waals surface area contributed by atoms with Crippen molar-refractivity contribution in [2.24, 2.45) is 5.92 Å². The summed E-state index contributed by atoms with van der Waals surface area (Å²) in [6.45, 7) is 4.34. The maximum absolute atomic E-state index is 14.2. The van der Waals surface area contributed by atoms with Crippen LogP contribution in [0.2, 0.25) is 0 Å². The normalized spacial score (nSPS) is 21.5. The summed E-state index contributed by atoms with van der Waals surface area (Å²) < 4.78 is 15.4. The van der Waals surface area contributed by atoms with Gasteiger partial charge in [0.2, 0.25) is 0 Å². The Morgan fingerprint density at radius 1 is 1.32 bits per heavy atom. The van der Waals surface area contributed by atoms with Crippen molar-refractivity contribution in [3.05, 3.63) is 51.6 Å². The van der Waals surface area contributed by atoms with Gasteiger partial charge in [-0.1, -0.05) is 47.0 Å². The van der Waals surface area contributed by atoms with Crippen molar-refractivity contribution in [1.82, 2.24) is 0 Å². The lowest BCUT2D eigenvalue weighted by Crippen LogP contribution is -2.37. The molecule has 0 bridgehead atoms. The molecule has 0 fully saturated rings. The number of rotatable bonds is 6. The fraction of sp³-hybridized carbons (Fsp3) is 0.444. The average Bonchev–Trinajstić information content (AvgIpc) is 2.51. The van der Waals surface area contributed by atoms with Crippen LogP contribution < -0.4 is 5.30 Å². The van der Waals surface area contributed by atoms with E-state index in [1.54, 1.807) is 6.07 Å². The molecule has 1 nitrogen and oxygen atoms in total. The number of hydrogen-bond donors (Lipinski definition) is 1. The molecule has 0 aliphatic heterocycles. The fourth-order valence-corrected chi connectivity index (χ4v) is 5.77. The van der Waals surface area contributed by atoms with E-state index in [4.69, 9.17) is 0 Å². The lowest BCUT2D eigenvalue weighted by molar-refractivity contribution is 0.263. The van der Waals surface area contributed by atoms with Crippen LogP contribution in [0.3, 0.4) is 0 Å². The Labute approximate surface area is 148 Å². The third-order valence-electron chi connectivity index (χ3n) is 4.44. The van der Waals surface area contributed by atoms with Crippen LogP contribution in [0.25, 0.3) is 0 Å². The summed E-state index contributed by atoms with van der Waals surface area (Å²) in [5.41, 5.74) is 0. The Morgan fingerprint density at radius 3 is 2.68 bits per heavy atom. The maximum atomic E-state index is 14.2. The van der Waals surface area contributed by atoms with Gasteiger partial charge in [0.15, 0.2) is 0 Å². The molecule has 1 aromatic carbocycles. The van der Waals surface area contributed by atoms with E-state index in [1.807, 2.05) is 24.3 Å². The Balaban J connectivity index is 2.38. The van der Waals surface area contributed by atoms with Gasteiger partial charge in [-0.3, -0.25) is 0 Å². The number of allylic oxidation sites excluding steroid dienone is 4. The van der Waals surface area contributed by atoms with E-state index in [9.17, 15) is 9.50 Å². The Kier molecular flexibility index (Phi) is 6.46. The zero-order valence-corrected chi connectivity index (χ0v) is 16.2. The number of benzene rings is 1. The predicted molar refractivity (Wildman–Crippen MR) is 103 cm³/mol. The van der Waals surface area contributed by atoms with Crippen LogP contribution in [-0.2, 0) is 0 Å². The molecule has 0 amide bonds. The zero-order valence-electron chi connectivity index (χ0n) is 13.1. The highest BCUT2D eigenvalue weighted by Gasteiger charge is 2.40. The fourth-order valence-electron chi connectivity index (χ4n) is 3.25. The molecule has 0 aromatic heterocycles. The lowest BCUT2D eigenvalue weighted by atomic mass is 9.80. The van der Waals surface area contributed by atoms with Crippen LogP contribution in [-0.4, -0.2) is 10.3 Å². The summed E-state index contributed by atoms with van der Waals surface area (Å²) in [6.07, 6.45) is 7.65. The van der Waals surface area contributed by atoms with Crippen molar-refractivity contribution in [3.63, 3.8) is 0 Å². The van der Waals surface area contributed by atoms with Crippen molar-refractivity contribution >= 4 is 36.5 Å². The zero-order chi connectivity index (χ0) is 16.2. The van der Waals surface area contributed by atoms with Gasteiger partial charge in [0.05, 0.1) is 5.76 Å². The molecular formula is C18H23FIOP. The first kappa shape index (κ1) is 17.9. The van der Waals surface area contributed by atoms with Gasteiger partial charge in [0.1, 0.15) is 5.82 Å². The summed E-state index contributed by atoms with van der Waals surface area (Å²) in [4.78, 5) is 0. The van der Waals surface area contributed by atoms with Crippen molar-refractivity contribution in [2.45, 2.75) is 44.7 Å². The summed E-state index contributed by atoms with van der Waals surface area (Å²) in [6, 6.07) is 7.06. The minimum atomic E-state index is -0.126. The molecule has 22 heavy (non-hydrogen) atoms. The molecule has 1 aliphatic rings. The second kappa shape index (κ2) is 7.92. The summed E-state index contributed by atoms with van der Waals surface area (Å²) >= 11 is 2.34. The molecule has 0 saturated heterocycles. The molecule has 1 aromatic rings. The monoisotopic (exact) mass is 432 g/mol. The van der Waals surface area contributed by atoms with Crippen LogP contribution >= 0.6 is 31.2 Å². The Morgan fingerprint density at radius 2 is 2.05 bits per heavy atom. The standard InChI is InChI=1S/C18H23FIOP/c1-3-11-18(4-2,14-12-13(20)9-10-16(14)21)22-17-8-6-5-7-15(17)19/h5-10,14,21-22H,3-4,11-12H2,1-2H3. The van der Waals surface area contributed by atoms with Crippen LogP contribution in [0.15, 0.2) is 45.8 Å². The number of halogens is 2. The first-order valence-corrected chi connectivity index (χ1v) is 9.88. The van der Waals surface area contributed by atoms with E-state index in [2.05, 4.69) is 36.4 Å². The highest BCUT2D eigenvalue weighted by atomic mass is 127. The molecular weight excluding hydrogens is 409 g/mol. The Bertz CT molecular complexity index is 584. The van der Waals surface area contributed by atoms with Crippen LogP contribution in [0.4, 0.5) is 4.39 Å². The third kappa shape index (κ3) is 3.91. The van der Waals surface area contributed by atoms with Gasteiger partial charge >= 0.3 is 0 Å². The average molecular weight is 432 g/mol. The van der Waals surface area contributed by atoms with Gasteiger partial charge in [-0.2, -0.15) is 0 Å². The summed E-state index contributed by atoms with van der Waals surface area (Å²) in [5, 5.41) is 11.2. The molecule has 120 valence electrons. The molecule has 2 rings (SSSR count). The molecule has 0 heterocycles. The molecule has 4 heteroatoms. The lowest BCUT2D eigenvalue weighted by Gasteiger charge is -2.41. The quantitative estimate of drug-likeness (QED) is 0.441. The molecule has 0 saturated carbocycles. The number of aliphatic hydroxyl groups is 1. The molecule has 0 radical (unpaired) electrons. The van der Waals surface area contributed by atoms with Crippen molar-refractivity contribution in [2.75, 3.05) is 0 Å². The van der Waals surface area contributed by atoms with Gasteiger partial charge in [-0.25, -0.2) is 4.39 Å². The maximum Gasteiger partial charge on any atom is 0.130 e. The van der Waals surface area contributed by atoms with Gasteiger partial charge in [-0.05, 0) is 63.7 Å². The van der Waals surface area contributed by atoms with Gasteiger partial charge in [0.25, 0.3) is 0 Å². The molecule has 1 N–H and O–H groups in total. The van der Waals surface area contributed by atoms with Crippen LogP contribution in [0.5, 0.6) is 0 Å². The summed E-state index contributed by atoms with van der Waals surface area (Å²) in [5.74, 6) is 0.422. The summed E-state index contributed by atoms with van der Waals surface area (Å²) in [7, 11) is 0.372. The SMILES string of the molecule is CCCC(CC)(Pc1ccccc1F)C1CC(I)=CC=C1O. The van der Waals surface area contributed by atoms with E-state index in [1.165, 1.54) is 9.65 Å². The molecule has 0 spiro atoms. The minimum absolute atomic E-state index is 0.0673. The molecule has 1 aliphatic carbocycles. The van der Waals surface area contributed by atoms with Gasteiger partial charge in [-0.15, -0.1) is 0 Å². The van der Waals surface area contributed by atoms with E-state index < -0.39 is 0 Å². The van der Waals surface area contributed by atoms with Gasteiger partial charge in [0, 0.05) is 16.4 Å². The van der Waals surface area contributed by atoms with E-state index in [-0.39, 0.29) is 16.9 Å². The van der Waals surface area contributed by atoms with Crippen molar-refractivity contribution in [1.29, 1.82) is 0 Å². The van der Waals surface area contributed by atoms with Crippen molar-refractivity contribution in [3.8, 4) is 0 Å². The largest absolute Gasteiger partial charge is 0.512 e. The second-order valence-corrected chi connectivity index (χ2v) is 9.00. The highest BCUT2D eigenvalue weighted by Crippen LogP contribution is 2.51. The first-order chi connectivity index (χ1) is 10.5.